The lowest BCUT2D eigenvalue weighted by Crippen LogP contribution is -2.35. The van der Waals surface area contributed by atoms with E-state index in [0.29, 0.717) is 79.5 Å². The first-order chi connectivity index (χ1) is 25.8. The smallest absolute Gasteiger partial charge is 0.407 e. The number of methoxy groups -OCH3 is 2. The van der Waals surface area contributed by atoms with Crippen LogP contribution >= 0.6 is 18.9 Å². The standard InChI is InChI=1S/C35H45N4O12PS2/c1-47-29-9-5-26(6-10-29)23-50-34(40)36-15-3-17-39(18-4-16-37-35(41)51-24-27-7-11-30(48-2)12-8-27)19-20-49-31-13-14-32-28(21-31)22-33(53-32)54(45,46)38-25-52(42,43)44/h5-14,21-22,38H,3-4,15-20,23-25H2,1-2H3,(H,36,40)(H,37,41)(H2,42,43,44). The van der Waals surface area contributed by atoms with Crippen LogP contribution in [-0.4, -0.2) is 95.1 Å². The van der Waals surface area contributed by atoms with E-state index in [1.807, 2.05) is 29.0 Å². The number of ether oxygens (including phenoxy) is 5. The quantitative estimate of drug-likeness (QED) is 0.0542. The highest BCUT2D eigenvalue weighted by molar-refractivity contribution is 7.92. The van der Waals surface area contributed by atoms with Crippen molar-refractivity contribution in [2.45, 2.75) is 30.3 Å². The van der Waals surface area contributed by atoms with Crippen LogP contribution in [0.1, 0.15) is 24.0 Å². The topological polar surface area (TPSA) is 211 Å². The van der Waals surface area contributed by atoms with Crippen LogP contribution in [0.4, 0.5) is 9.59 Å². The summed E-state index contributed by atoms with van der Waals surface area (Å²) in [6, 6.07) is 21.0. The van der Waals surface area contributed by atoms with Gasteiger partial charge >= 0.3 is 19.8 Å². The number of nitrogens with zero attached hydrogens (tertiary/aromatic N) is 1. The highest BCUT2D eigenvalue weighted by atomic mass is 32.2. The summed E-state index contributed by atoms with van der Waals surface area (Å²) < 4.78 is 65.7. The van der Waals surface area contributed by atoms with E-state index in [-0.39, 0.29) is 17.4 Å². The van der Waals surface area contributed by atoms with E-state index in [2.05, 4.69) is 15.5 Å². The summed E-state index contributed by atoms with van der Waals surface area (Å²) in [5.74, 6) is 1.93. The van der Waals surface area contributed by atoms with Gasteiger partial charge in [0, 0.05) is 24.3 Å². The minimum absolute atomic E-state index is 0.0780. The predicted octanol–water partition coefficient (Wildman–Crippen LogP) is 4.65. The van der Waals surface area contributed by atoms with Crippen molar-refractivity contribution in [3.63, 3.8) is 0 Å². The van der Waals surface area contributed by atoms with Crippen LogP contribution in [-0.2, 0) is 37.3 Å². The van der Waals surface area contributed by atoms with Crippen molar-refractivity contribution in [1.29, 1.82) is 0 Å². The third kappa shape index (κ3) is 14.8. The van der Waals surface area contributed by atoms with E-state index in [1.165, 1.54) is 6.07 Å². The van der Waals surface area contributed by atoms with Gasteiger partial charge in [-0.2, -0.15) is 4.72 Å². The fraction of sp³-hybridized carbons (Fsp3) is 0.371. The maximum absolute atomic E-state index is 12.5. The zero-order valence-electron chi connectivity index (χ0n) is 29.9. The lowest BCUT2D eigenvalue weighted by atomic mass is 10.2. The van der Waals surface area contributed by atoms with E-state index >= 15 is 0 Å². The fourth-order valence-electron chi connectivity index (χ4n) is 4.92. The molecule has 1 aromatic heterocycles. The van der Waals surface area contributed by atoms with Gasteiger partial charge < -0.3 is 44.1 Å². The molecule has 0 bridgehead atoms. The van der Waals surface area contributed by atoms with Gasteiger partial charge in [0.2, 0.25) is 0 Å². The van der Waals surface area contributed by atoms with Crippen molar-refractivity contribution in [2.75, 3.05) is 59.8 Å². The van der Waals surface area contributed by atoms with E-state index in [0.717, 1.165) is 22.5 Å². The molecule has 0 saturated carbocycles. The van der Waals surface area contributed by atoms with E-state index in [1.54, 1.807) is 56.7 Å². The number of thiophene rings is 1. The summed E-state index contributed by atoms with van der Waals surface area (Å²) in [7, 11) is -5.53. The summed E-state index contributed by atoms with van der Waals surface area (Å²) in [5, 5.41) is 6.13. The van der Waals surface area contributed by atoms with Crippen LogP contribution in [0.25, 0.3) is 10.1 Å². The van der Waals surface area contributed by atoms with E-state index < -0.39 is 36.1 Å². The molecule has 0 aliphatic rings. The number of rotatable bonds is 22. The summed E-state index contributed by atoms with van der Waals surface area (Å²) >= 11 is 0.971. The molecule has 54 heavy (non-hydrogen) atoms. The minimum Gasteiger partial charge on any atom is -0.497 e. The third-order valence-corrected chi connectivity index (χ3v) is 11.5. The second kappa shape index (κ2) is 20.9. The summed E-state index contributed by atoms with van der Waals surface area (Å²) in [6.45, 7) is 3.01. The number of fused-ring (bicyclic) bond motifs is 1. The van der Waals surface area contributed by atoms with Crippen LogP contribution in [0.2, 0.25) is 0 Å². The maximum atomic E-state index is 12.5. The third-order valence-electron chi connectivity index (χ3n) is 7.77. The van der Waals surface area contributed by atoms with Crippen molar-refractivity contribution in [3.05, 3.63) is 83.9 Å². The van der Waals surface area contributed by atoms with Crippen molar-refractivity contribution in [3.8, 4) is 17.2 Å². The Bertz CT molecular complexity index is 1880. The molecule has 16 nitrogen and oxygen atoms in total. The lowest BCUT2D eigenvalue weighted by molar-refractivity contribution is 0.138. The zero-order valence-corrected chi connectivity index (χ0v) is 32.4. The number of carbonyl (C=O) groups is 2. The lowest BCUT2D eigenvalue weighted by Gasteiger charge is -2.22. The first-order valence-corrected chi connectivity index (χ1v) is 20.9. The molecule has 0 aliphatic carbocycles. The molecule has 4 rings (SSSR count). The number of carbonyl (C=O) groups excluding carboxylic acids is 2. The Kier molecular flexibility index (Phi) is 16.4. The Morgan fingerprint density at radius 3 is 1.78 bits per heavy atom. The van der Waals surface area contributed by atoms with Gasteiger partial charge in [-0.1, -0.05) is 24.3 Å². The van der Waals surface area contributed by atoms with Crippen LogP contribution in [0.15, 0.2) is 77.0 Å². The van der Waals surface area contributed by atoms with Gasteiger partial charge in [-0.05, 0) is 91.0 Å². The summed E-state index contributed by atoms with van der Waals surface area (Å²) in [5.41, 5.74) is 1.66. The number of alkyl carbamates (subject to hydrolysis) is 2. The van der Waals surface area contributed by atoms with E-state index in [9.17, 15) is 22.6 Å². The van der Waals surface area contributed by atoms with Gasteiger partial charge in [0.05, 0.1) is 14.2 Å². The molecule has 0 aliphatic heterocycles. The molecule has 0 saturated heterocycles. The number of benzene rings is 3. The van der Waals surface area contributed by atoms with Crippen LogP contribution in [0.3, 0.4) is 0 Å². The Balaban J connectivity index is 1.25. The van der Waals surface area contributed by atoms with Gasteiger partial charge in [-0.25, -0.2) is 18.0 Å². The van der Waals surface area contributed by atoms with Gasteiger partial charge in [0.25, 0.3) is 10.0 Å². The molecular weight excluding hydrogens is 764 g/mol. The van der Waals surface area contributed by atoms with Gasteiger partial charge in [0.1, 0.15) is 47.6 Å². The molecule has 0 unspecified atom stereocenters. The Labute approximate surface area is 317 Å². The molecule has 19 heteroatoms. The van der Waals surface area contributed by atoms with Crippen LogP contribution < -0.4 is 29.6 Å². The van der Waals surface area contributed by atoms with Crippen molar-refractivity contribution >= 4 is 51.2 Å². The molecule has 0 spiro atoms. The molecule has 2 amide bonds. The van der Waals surface area contributed by atoms with Crippen molar-refractivity contribution in [2.24, 2.45) is 0 Å². The Hall–Kier alpha value is -4.42. The SMILES string of the molecule is COc1ccc(COC(=O)NCCCN(CCCNC(=O)OCc2ccc(OC)cc2)CCOc2ccc3sc(S(=O)(=O)NCP(=O)(O)O)cc3c2)cc1. The van der Waals surface area contributed by atoms with Crippen LogP contribution in [0, 0.1) is 0 Å². The number of sulfonamides is 1. The molecule has 0 fully saturated rings. The second-order valence-electron chi connectivity index (χ2n) is 11.8. The number of amides is 2. The minimum atomic E-state index is -4.57. The molecular formula is C35H45N4O12PS2. The molecule has 3 aromatic carbocycles. The van der Waals surface area contributed by atoms with Crippen LogP contribution in [0.5, 0.6) is 17.2 Å². The fourth-order valence-corrected chi connectivity index (χ4v) is 8.35. The second-order valence-corrected chi connectivity index (χ2v) is 16.6. The maximum Gasteiger partial charge on any atom is 0.407 e. The molecule has 0 radical (unpaired) electrons. The van der Waals surface area contributed by atoms with Gasteiger partial charge in [0.15, 0.2) is 0 Å². The average Bonchev–Trinajstić information content (AvgIpc) is 3.60. The summed E-state index contributed by atoms with van der Waals surface area (Å²) in [4.78, 5) is 44.8. The first-order valence-electron chi connectivity index (χ1n) is 16.8. The Morgan fingerprint density at radius 2 is 1.28 bits per heavy atom. The number of hydrogen-bond donors (Lipinski definition) is 5. The first kappa shape index (κ1) is 42.3. The average molecular weight is 809 g/mol. The molecule has 0 atom stereocenters. The number of hydrogen-bond acceptors (Lipinski definition) is 12. The van der Waals surface area contributed by atoms with Crippen molar-refractivity contribution < 1.29 is 56.0 Å². The van der Waals surface area contributed by atoms with Gasteiger partial charge in [-0.15, -0.1) is 11.3 Å². The monoisotopic (exact) mass is 808 g/mol. The largest absolute Gasteiger partial charge is 0.497 e. The molecule has 294 valence electrons. The van der Waals surface area contributed by atoms with Crippen molar-refractivity contribution in [1.82, 2.24) is 20.3 Å². The molecule has 4 aromatic rings. The highest BCUT2D eigenvalue weighted by Gasteiger charge is 2.22. The normalized spacial score (nSPS) is 11.6. The molecule has 5 N–H and O–H groups in total. The predicted molar refractivity (Wildman–Crippen MR) is 203 cm³/mol. The molecule has 1 heterocycles. The highest BCUT2D eigenvalue weighted by Crippen LogP contribution is 2.35. The number of nitrogens with one attached hydrogen (secondary N) is 3. The zero-order chi connectivity index (χ0) is 39.0. The summed E-state index contributed by atoms with van der Waals surface area (Å²) in [6.07, 6.45) is -0.832. The van der Waals surface area contributed by atoms with E-state index in [4.69, 9.17) is 33.5 Å². The Morgan fingerprint density at radius 1 is 0.759 bits per heavy atom. The van der Waals surface area contributed by atoms with Gasteiger partial charge in [-0.3, -0.25) is 9.46 Å².